The fraction of sp³-hybridized carbons (Fsp3) is 1.00. The fourth-order valence-corrected chi connectivity index (χ4v) is 0.979. The Hall–Kier alpha value is 0.610. The molecule has 2 unspecified atom stereocenters. The van der Waals surface area contributed by atoms with E-state index >= 15 is 0 Å². The first kappa shape index (κ1) is 10.6. The summed E-state index contributed by atoms with van der Waals surface area (Å²) in [6.07, 6.45) is 0.319. The average Bonchev–Trinajstić information content (AvgIpc) is 2.17. The minimum atomic E-state index is 0. The van der Waals surface area contributed by atoms with Crippen LogP contribution in [0.4, 0.5) is 0 Å². The molecule has 1 rings (SSSR count). The zero-order valence-electron chi connectivity index (χ0n) is 6.34. The Kier molecular flexibility index (Phi) is 5.61. The van der Waals surface area contributed by atoms with Crippen molar-refractivity contribution < 1.29 is 38.8 Å². The monoisotopic (exact) mass is 259 g/mol. The molecular formula is C6H14INO2. The molecule has 0 saturated carbocycles. The first-order chi connectivity index (χ1) is 4.33. The second-order valence-electron chi connectivity index (χ2n) is 2.30. The van der Waals surface area contributed by atoms with Gasteiger partial charge in [0.15, 0.2) is 6.29 Å². The highest BCUT2D eigenvalue weighted by molar-refractivity contribution is 4.59. The maximum atomic E-state index is 5.35. The van der Waals surface area contributed by atoms with Gasteiger partial charge in [0.2, 0.25) is 0 Å². The van der Waals surface area contributed by atoms with Gasteiger partial charge in [0.05, 0.1) is 13.7 Å². The third-order valence-corrected chi connectivity index (χ3v) is 1.40. The van der Waals surface area contributed by atoms with Gasteiger partial charge in [-0.15, -0.1) is 0 Å². The summed E-state index contributed by atoms with van der Waals surface area (Å²) < 4.78 is 10.5. The van der Waals surface area contributed by atoms with Gasteiger partial charge in [0, 0.05) is 0 Å². The zero-order valence-corrected chi connectivity index (χ0v) is 8.50. The highest BCUT2D eigenvalue weighted by atomic mass is 127. The highest BCUT2D eigenvalue weighted by Gasteiger charge is 2.22. The van der Waals surface area contributed by atoms with Crippen LogP contribution in [0.15, 0.2) is 0 Å². The number of nitrogens with two attached hydrogens (primary N) is 1. The summed E-state index contributed by atoms with van der Waals surface area (Å²) in [6.45, 7) is 3.69. The van der Waals surface area contributed by atoms with Crippen LogP contribution in [-0.2, 0) is 9.47 Å². The van der Waals surface area contributed by atoms with Crippen molar-refractivity contribution in [2.75, 3.05) is 20.2 Å². The molecule has 1 saturated heterocycles. The van der Waals surface area contributed by atoms with Crippen molar-refractivity contribution in [3.8, 4) is 0 Å². The first-order valence-corrected chi connectivity index (χ1v) is 3.38. The molecule has 1 fully saturated rings. The maximum Gasteiger partial charge on any atom is 0.155 e. The molecule has 0 radical (unpaired) electrons. The molecule has 10 heavy (non-hydrogen) atoms. The molecule has 0 aromatic heterocycles. The van der Waals surface area contributed by atoms with E-state index in [0.29, 0.717) is 6.10 Å². The van der Waals surface area contributed by atoms with Crippen molar-refractivity contribution in [1.29, 1.82) is 0 Å². The summed E-state index contributed by atoms with van der Waals surface area (Å²) in [5.41, 5.74) is 0. The molecular weight excluding hydrogens is 245 g/mol. The van der Waals surface area contributed by atoms with E-state index in [1.165, 1.54) is 0 Å². The molecule has 0 aromatic carbocycles. The Bertz CT molecular complexity index is 89.8. The number of likely N-dealkylation sites (N-methyl/N-ethyl adjacent to an activating group) is 1. The zero-order chi connectivity index (χ0) is 6.69. The van der Waals surface area contributed by atoms with Gasteiger partial charge in [-0.25, -0.2) is 0 Å². The molecule has 62 valence electrons. The number of hydrogen-bond acceptors (Lipinski definition) is 2. The summed E-state index contributed by atoms with van der Waals surface area (Å²) in [5, 5.41) is 2.10. The number of halogens is 1. The maximum absolute atomic E-state index is 5.35. The molecule has 1 aliphatic heterocycles. The van der Waals surface area contributed by atoms with Crippen LogP contribution in [0.2, 0.25) is 0 Å². The van der Waals surface area contributed by atoms with Crippen LogP contribution in [0.25, 0.3) is 0 Å². The van der Waals surface area contributed by atoms with E-state index in [0.717, 1.165) is 13.2 Å². The lowest BCUT2D eigenvalue weighted by Gasteiger charge is -2.03. The summed E-state index contributed by atoms with van der Waals surface area (Å²) in [4.78, 5) is 0. The molecule has 0 spiro atoms. The number of ether oxygens (including phenoxy) is 2. The molecule has 3 nitrogen and oxygen atoms in total. The standard InChI is InChI=1S/C6H13NO2.HI/c1-5-8-4-6(9-5)3-7-2;/h5-7H,3-4H2,1-2H3;1H. The van der Waals surface area contributed by atoms with Crippen molar-refractivity contribution in [3.05, 3.63) is 0 Å². The van der Waals surface area contributed by atoms with Crippen LogP contribution in [-0.4, -0.2) is 32.6 Å². The number of hydrogen-bond donors (Lipinski definition) is 1. The Morgan fingerprint density at radius 2 is 2.30 bits per heavy atom. The van der Waals surface area contributed by atoms with E-state index in [1.807, 2.05) is 14.0 Å². The molecule has 0 aromatic rings. The molecule has 2 N–H and O–H groups in total. The average molecular weight is 259 g/mol. The molecule has 4 heteroatoms. The molecule has 0 aliphatic carbocycles. The minimum Gasteiger partial charge on any atom is -1.00 e. The van der Waals surface area contributed by atoms with Crippen LogP contribution in [0.1, 0.15) is 6.92 Å². The van der Waals surface area contributed by atoms with E-state index in [1.54, 1.807) is 0 Å². The SMILES string of the molecule is C[NH2+]CC1COC(C)O1.[I-]. The van der Waals surface area contributed by atoms with Crippen LogP contribution in [0.3, 0.4) is 0 Å². The van der Waals surface area contributed by atoms with Crippen molar-refractivity contribution in [3.63, 3.8) is 0 Å². The fourth-order valence-electron chi connectivity index (χ4n) is 0.979. The van der Waals surface area contributed by atoms with Gasteiger partial charge in [-0.05, 0) is 6.92 Å². The lowest BCUT2D eigenvalue weighted by atomic mass is 10.4. The Balaban J connectivity index is 0.000000810. The Morgan fingerprint density at radius 3 is 2.70 bits per heavy atom. The normalized spacial score (nSPS) is 31.8. The largest absolute Gasteiger partial charge is 1.00 e. The van der Waals surface area contributed by atoms with Crippen molar-refractivity contribution in [2.24, 2.45) is 0 Å². The third kappa shape index (κ3) is 3.14. The number of quaternary nitrogens is 1. The molecule has 2 atom stereocenters. The molecule has 1 aliphatic rings. The van der Waals surface area contributed by atoms with E-state index < -0.39 is 0 Å². The van der Waals surface area contributed by atoms with Gasteiger partial charge in [0.25, 0.3) is 0 Å². The van der Waals surface area contributed by atoms with Gasteiger partial charge in [-0.1, -0.05) is 0 Å². The third-order valence-electron chi connectivity index (χ3n) is 1.40. The van der Waals surface area contributed by atoms with Gasteiger partial charge < -0.3 is 38.8 Å². The summed E-state index contributed by atoms with van der Waals surface area (Å²) in [5.74, 6) is 0. The van der Waals surface area contributed by atoms with Gasteiger partial charge in [-0.3, -0.25) is 0 Å². The smallest absolute Gasteiger partial charge is 0.155 e. The molecule has 0 bridgehead atoms. The predicted octanol–water partition coefficient (Wildman–Crippen LogP) is -4.05. The summed E-state index contributed by atoms with van der Waals surface area (Å²) in [7, 11) is 2.03. The van der Waals surface area contributed by atoms with Crippen molar-refractivity contribution in [1.82, 2.24) is 0 Å². The highest BCUT2D eigenvalue weighted by Crippen LogP contribution is 2.07. The van der Waals surface area contributed by atoms with Crippen LogP contribution < -0.4 is 29.3 Å². The van der Waals surface area contributed by atoms with Crippen LogP contribution in [0, 0.1) is 0 Å². The van der Waals surface area contributed by atoms with E-state index in [2.05, 4.69) is 5.32 Å². The van der Waals surface area contributed by atoms with Crippen molar-refractivity contribution in [2.45, 2.75) is 19.3 Å². The summed E-state index contributed by atoms with van der Waals surface area (Å²) in [6, 6.07) is 0. The quantitative estimate of drug-likeness (QED) is 0.512. The molecule has 1 heterocycles. The predicted molar refractivity (Wildman–Crippen MR) is 33.0 cm³/mol. The second-order valence-corrected chi connectivity index (χ2v) is 2.30. The van der Waals surface area contributed by atoms with Crippen molar-refractivity contribution >= 4 is 0 Å². The van der Waals surface area contributed by atoms with Gasteiger partial charge in [-0.2, -0.15) is 0 Å². The number of rotatable bonds is 2. The van der Waals surface area contributed by atoms with Gasteiger partial charge >= 0.3 is 0 Å². The topological polar surface area (TPSA) is 35.1 Å². The van der Waals surface area contributed by atoms with Crippen LogP contribution in [0.5, 0.6) is 0 Å². The Labute approximate surface area is 78.5 Å². The van der Waals surface area contributed by atoms with Crippen LogP contribution >= 0.6 is 0 Å². The Morgan fingerprint density at radius 1 is 1.60 bits per heavy atom. The van der Waals surface area contributed by atoms with Gasteiger partial charge in [0.1, 0.15) is 12.6 Å². The summed E-state index contributed by atoms with van der Waals surface area (Å²) >= 11 is 0. The second kappa shape index (κ2) is 5.29. The minimum absolute atomic E-state index is 0. The first-order valence-electron chi connectivity index (χ1n) is 3.38. The van der Waals surface area contributed by atoms with E-state index in [-0.39, 0.29) is 30.3 Å². The lowest BCUT2D eigenvalue weighted by Crippen LogP contribution is -3.00. The van der Waals surface area contributed by atoms with E-state index in [9.17, 15) is 0 Å². The molecule has 0 amide bonds. The van der Waals surface area contributed by atoms with E-state index in [4.69, 9.17) is 9.47 Å². The lowest BCUT2D eigenvalue weighted by molar-refractivity contribution is -0.633.